The Kier molecular flexibility index (Phi) is 4.40. The van der Waals surface area contributed by atoms with Crippen LogP contribution in [0.4, 0.5) is 4.79 Å². The number of benzene rings is 1. The molecule has 1 aliphatic rings. The lowest BCUT2D eigenvalue weighted by molar-refractivity contribution is -0.136. The number of carboxylic acids is 1. The summed E-state index contributed by atoms with van der Waals surface area (Å²) in [6.07, 6.45) is 1.39. The van der Waals surface area contributed by atoms with Crippen molar-refractivity contribution in [3.05, 3.63) is 33.8 Å². The van der Waals surface area contributed by atoms with Crippen molar-refractivity contribution < 1.29 is 14.7 Å². The second-order valence-corrected chi connectivity index (χ2v) is 5.52. The summed E-state index contributed by atoms with van der Waals surface area (Å²) in [5.74, 6) is -0.958. The van der Waals surface area contributed by atoms with Gasteiger partial charge in [0.05, 0.1) is 12.0 Å². The van der Waals surface area contributed by atoms with Gasteiger partial charge in [-0.1, -0.05) is 29.3 Å². The van der Waals surface area contributed by atoms with Gasteiger partial charge in [-0.3, -0.25) is 4.79 Å². The van der Waals surface area contributed by atoms with Crippen LogP contribution in [0.25, 0.3) is 0 Å². The summed E-state index contributed by atoms with van der Waals surface area (Å²) in [7, 11) is 0. The van der Waals surface area contributed by atoms with Gasteiger partial charge in [-0.05, 0) is 25.0 Å². The van der Waals surface area contributed by atoms with Crippen LogP contribution < -0.4 is 10.6 Å². The number of carboxylic acid groups (broad SMARTS) is 1. The largest absolute Gasteiger partial charge is 0.481 e. The minimum atomic E-state index is -0.958. The molecule has 0 radical (unpaired) electrons. The van der Waals surface area contributed by atoms with Crippen molar-refractivity contribution in [3.63, 3.8) is 0 Å². The average Bonchev–Trinajstić information content (AvgIpc) is 3.08. The molecule has 0 aliphatic heterocycles. The molecule has 1 aromatic carbocycles. The van der Waals surface area contributed by atoms with Crippen molar-refractivity contribution in [1.29, 1.82) is 0 Å². The third kappa shape index (κ3) is 3.35. The third-order valence-corrected chi connectivity index (χ3v) is 3.80. The number of hydrogen-bond acceptors (Lipinski definition) is 2. The first-order valence-electron chi connectivity index (χ1n) is 6.17. The highest BCUT2D eigenvalue weighted by Crippen LogP contribution is 2.50. The van der Waals surface area contributed by atoms with E-state index in [-0.39, 0.29) is 13.0 Å². The van der Waals surface area contributed by atoms with Gasteiger partial charge in [0.1, 0.15) is 0 Å². The van der Waals surface area contributed by atoms with Crippen LogP contribution in [-0.4, -0.2) is 23.7 Å². The van der Waals surface area contributed by atoms with Gasteiger partial charge in [0.15, 0.2) is 0 Å². The molecule has 3 N–H and O–H groups in total. The molecular formula is C13H14Cl2N2O3. The predicted molar refractivity (Wildman–Crippen MR) is 76.2 cm³/mol. The molecule has 0 spiro atoms. The first-order chi connectivity index (χ1) is 9.44. The van der Waals surface area contributed by atoms with Crippen LogP contribution in [0.5, 0.6) is 0 Å². The summed E-state index contributed by atoms with van der Waals surface area (Å²) < 4.78 is 0. The van der Waals surface area contributed by atoms with E-state index in [0.717, 1.165) is 18.4 Å². The van der Waals surface area contributed by atoms with E-state index in [4.69, 9.17) is 28.3 Å². The summed E-state index contributed by atoms with van der Waals surface area (Å²) in [6.45, 7) is 0.0769. The first-order valence-corrected chi connectivity index (χ1v) is 6.92. The molecule has 0 aromatic heterocycles. The molecule has 0 atom stereocenters. The van der Waals surface area contributed by atoms with Crippen LogP contribution in [0.15, 0.2) is 18.2 Å². The molecule has 108 valence electrons. The lowest BCUT2D eigenvalue weighted by Crippen LogP contribution is -2.43. The first kappa shape index (κ1) is 14.9. The fourth-order valence-electron chi connectivity index (χ4n) is 2.06. The number of hydrogen-bond donors (Lipinski definition) is 3. The Morgan fingerprint density at radius 1 is 1.25 bits per heavy atom. The van der Waals surface area contributed by atoms with Gasteiger partial charge in [0.2, 0.25) is 0 Å². The van der Waals surface area contributed by atoms with Crippen LogP contribution in [0.3, 0.4) is 0 Å². The summed E-state index contributed by atoms with van der Waals surface area (Å²) in [6, 6.07) is 4.79. The Balaban J connectivity index is 2.02. The van der Waals surface area contributed by atoms with E-state index < -0.39 is 17.5 Å². The highest BCUT2D eigenvalue weighted by atomic mass is 35.5. The van der Waals surface area contributed by atoms with Gasteiger partial charge in [0, 0.05) is 22.2 Å². The maximum atomic E-state index is 11.8. The summed E-state index contributed by atoms with van der Waals surface area (Å²) in [5, 5.41) is 14.9. The van der Waals surface area contributed by atoms with Crippen LogP contribution in [0.2, 0.25) is 10.0 Å². The van der Waals surface area contributed by atoms with Gasteiger partial charge in [-0.25, -0.2) is 4.79 Å². The molecule has 0 heterocycles. The fraction of sp³-hybridized carbons (Fsp3) is 0.385. The van der Waals surface area contributed by atoms with Gasteiger partial charge in [-0.2, -0.15) is 0 Å². The molecule has 0 unspecified atom stereocenters. The van der Waals surface area contributed by atoms with E-state index in [9.17, 15) is 9.59 Å². The molecular weight excluding hydrogens is 303 g/mol. The van der Waals surface area contributed by atoms with E-state index in [1.165, 1.54) is 0 Å². The van der Waals surface area contributed by atoms with Gasteiger partial charge < -0.3 is 15.7 Å². The van der Waals surface area contributed by atoms with Crippen LogP contribution in [-0.2, 0) is 10.3 Å². The topological polar surface area (TPSA) is 78.4 Å². The maximum absolute atomic E-state index is 11.8. The smallest absolute Gasteiger partial charge is 0.315 e. The number of carbonyl (C=O) groups is 2. The minimum Gasteiger partial charge on any atom is -0.481 e. The molecule has 2 amide bonds. The number of urea groups is 1. The lowest BCUT2D eigenvalue weighted by Gasteiger charge is -2.20. The molecule has 1 aliphatic carbocycles. The van der Waals surface area contributed by atoms with E-state index in [1.54, 1.807) is 18.2 Å². The Bertz CT molecular complexity index is 524. The lowest BCUT2D eigenvalue weighted by atomic mass is 10.0. The molecule has 0 saturated heterocycles. The standard InChI is InChI=1S/C13H14Cl2N2O3/c14-8-2-1-3-9(15)11(8)13(5-6-13)17-12(20)16-7-4-10(18)19/h1-3H,4-7H2,(H,18,19)(H2,16,17,20). The van der Waals surface area contributed by atoms with Crippen LogP contribution >= 0.6 is 23.2 Å². The number of halogens is 2. The highest BCUT2D eigenvalue weighted by molar-refractivity contribution is 6.36. The number of amides is 2. The highest BCUT2D eigenvalue weighted by Gasteiger charge is 2.48. The zero-order valence-corrected chi connectivity index (χ0v) is 12.1. The van der Waals surface area contributed by atoms with Crippen molar-refractivity contribution >= 4 is 35.2 Å². The number of rotatable bonds is 5. The molecule has 2 rings (SSSR count). The molecule has 1 fully saturated rings. The zero-order valence-electron chi connectivity index (χ0n) is 10.6. The second kappa shape index (κ2) is 5.89. The molecule has 7 heteroatoms. The molecule has 20 heavy (non-hydrogen) atoms. The van der Waals surface area contributed by atoms with Crippen molar-refractivity contribution in [2.45, 2.75) is 24.8 Å². The summed E-state index contributed by atoms with van der Waals surface area (Å²) in [4.78, 5) is 22.2. The monoisotopic (exact) mass is 316 g/mol. The van der Waals surface area contributed by atoms with Gasteiger partial charge in [0.25, 0.3) is 0 Å². The molecule has 1 aromatic rings. The Morgan fingerprint density at radius 3 is 2.35 bits per heavy atom. The fourth-order valence-corrected chi connectivity index (χ4v) is 2.82. The normalized spacial score (nSPS) is 15.5. The summed E-state index contributed by atoms with van der Waals surface area (Å²) >= 11 is 12.3. The van der Waals surface area contributed by atoms with E-state index >= 15 is 0 Å². The Labute approximate surface area is 126 Å². The number of carbonyl (C=O) groups excluding carboxylic acids is 1. The van der Waals surface area contributed by atoms with E-state index in [0.29, 0.717) is 10.0 Å². The SMILES string of the molecule is O=C(O)CCNC(=O)NC1(c2c(Cl)cccc2Cl)CC1. The molecule has 5 nitrogen and oxygen atoms in total. The van der Waals surface area contributed by atoms with Crippen LogP contribution in [0, 0.1) is 0 Å². The van der Waals surface area contributed by atoms with E-state index in [2.05, 4.69) is 10.6 Å². The Hall–Kier alpha value is -1.46. The number of aliphatic carboxylic acids is 1. The van der Waals surface area contributed by atoms with Gasteiger partial charge >= 0.3 is 12.0 Å². The molecule has 0 bridgehead atoms. The van der Waals surface area contributed by atoms with Crippen molar-refractivity contribution in [2.24, 2.45) is 0 Å². The number of nitrogens with one attached hydrogen (secondary N) is 2. The Morgan fingerprint density at radius 2 is 1.85 bits per heavy atom. The zero-order chi connectivity index (χ0) is 14.8. The van der Waals surface area contributed by atoms with E-state index in [1.807, 2.05) is 0 Å². The van der Waals surface area contributed by atoms with Crippen molar-refractivity contribution in [3.8, 4) is 0 Å². The molecule has 1 saturated carbocycles. The minimum absolute atomic E-state index is 0.0769. The summed E-state index contributed by atoms with van der Waals surface area (Å²) in [5.41, 5.74) is 0.180. The van der Waals surface area contributed by atoms with Crippen LogP contribution in [0.1, 0.15) is 24.8 Å². The average molecular weight is 317 g/mol. The van der Waals surface area contributed by atoms with Gasteiger partial charge in [-0.15, -0.1) is 0 Å². The second-order valence-electron chi connectivity index (χ2n) is 4.70. The van der Waals surface area contributed by atoms with Crippen molar-refractivity contribution in [1.82, 2.24) is 10.6 Å². The van der Waals surface area contributed by atoms with Crippen molar-refractivity contribution in [2.75, 3.05) is 6.54 Å². The predicted octanol–water partition coefficient (Wildman–Crippen LogP) is 2.76. The maximum Gasteiger partial charge on any atom is 0.315 e. The quantitative estimate of drug-likeness (QED) is 0.781. The third-order valence-electron chi connectivity index (χ3n) is 3.17.